The van der Waals surface area contributed by atoms with Gasteiger partial charge in [0.1, 0.15) is 0 Å². The standard InChI is InChI=1S/C19H41O4P/c1-5-9-12-13-16-18(15-11-7-3)19(23-24(20,21)22)17(8-4)14-10-6-2/h17-19H,5-16H2,1-4H3,(H2,20,21,22). The summed E-state index contributed by atoms with van der Waals surface area (Å²) in [4.78, 5) is 18.9. The van der Waals surface area contributed by atoms with Crippen LogP contribution in [0, 0.1) is 11.8 Å². The summed E-state index contributed by atoms with van der Waals surface area (Å²) in [5, 5.41) is 0. The van der Waals surface area contributed by atoms with Crippen LogP contribution in [0.2, 0.25) is 0 Å². The lowest BCUT2D eigenvalue weighted by Crippen LogP contribution is -2.31. The number of rotatable bonds is 16. The van der Waals surface area contributed by atoms with Gasteiger partial charge in [0.05, 0.1) is 6.10 Å². The monoisotopic (exact) mass is 364 g/mol. The molecule has 0 spiro atoms. The molecule has 0 radical (unpaired) electrons. The molecule has 0 aromatic carbocycles. The van der Waals surface area contributed by atoms with Crippen LogP contribution in [0.4, 0.5) is 0 Å². The summed E-state index contributed by atoms with van der Waals surface area (Å²) in [6, 6.07) is 0. The molecule has 0 saturated carbocycles. The second-order valence-electron chi connectivity index (χ2n) is 7.12. The van der Waals surface area contributed by atoms with Crippen LogP contribution in [-0.2, 0) is 9.09 Å². The van der Waals surface area contributed by atoms with E-state index in [1.165, 1.54) is 19.3 Å². The fraction of sp³-hybridized carbons (Fsp3) is 1.00. The van der Waals surface area contributed by atoms with Crippen molar-refractivity contribution in [3.8, 4) is 0 Å². The normalized spacial score (nSPS) is 16.1. The van der Waals surface area contributed by atoms with Crippen molar-refractivity contribution in [1.82, 2.24) is 0 Å². The van der Waals surface area contributed by atoms with Crippen LogP contribution in [-0.4, -0.2) is 15.9 Å². The smallest absolute Gasteiger partial charge is 0.303 e. The van der Waals surface area contributed by atoms with E-state index < -0.39 is 7.82 Å². The lowest BCUT2D eigenvalue weighted by molar-refractivity contribution is 0.0288. The van der Waals surface area contributed by atoms with Gasteiger partial charge in [0.25, 0.3) is 0 Å². The Bertz CT molecular complexity index is 329. The van der Waals surface area contributed by atoms with Crippen LogP contribution in [0.1, 0.15) is 105 Å². The number of phosphoric acid groups is 1. The van der Waals surface area contributed by atoms with Crippen LogP contribution in [0.5, 0.6) is 0 Å². The van der Waals surface area contributed by atoms with E-state index in [1.54, 1.807) is 0 Å². The number of phosphoric ester groups is 1. The number of unbranched alkanes of at least 4 members (excludes halogenated alkanes) is 5. The molecule has 5 heteroatoms. The van der Waals surface area contributed by atoms with Gasteiger partial charge in [-0.15, -0.1) is 0 Å². The maximum absolute atomic E-state index is 11.6. The third kappa shape index (κ3) is 11.6. The zero-order valence-electron chi connectivity index (χ0n) is 16.4. The summed E-state index contributed by atoms with van der Waals surface area (Å²) >= 11 is 0. The maximum atomic E-state index is 11.6. The topological polar surface area (TPSA) is 66.8 Å². The summed E-state index contributed by atoms with van der Waals surface area (Å²) in [6.45, 7) is 8.64. The molecule has 0 aromatic heterocycles. The Kier molecular flexibility index (Phi) is 14.4. The van der Waals surface area contributed by atoms with Crippen molar-refractivity contribution in [3.63, 3.8) is 0 Å². The summed E-state index contributed by atoms with van der Waals surface area (Å²) < 4.78 is 16.9. The highest BCUT2D eigenvalue weighted by Gasteiger charge is 2.34. The van der Waals surface area contributed by atoms with Crippen molar-refractivity contribution in [3.05, 3.63) is 0 Å². The van der Waals surface area contributed by atoms with E-state index in [0.29, 0.717) is 0 Å². The van der Waals surface area contributed by atoms with Crippen molar-refractivity contribution < 1.29 is 18.9 Å². The van der Waals surface area contributed by atoms with Gasteiger partial charge in [-0.05, 0) is 31.1 Å². The van der Waals surface area contributed by atoms with Crippen LogP contribution in [0.15, 0.2) is 0 Å². The Labute approximate surface area is 150 Å². The third-order valence-corrected chi connectivity index (χ3v) is 5.52. The van der Waals surface area contributed by atoms with Crippen LogP contribution < -0.4 is 0 Å². The fourth-order valence-electron chi connectivity index (χ4n) is 3.56. The van der Waals surface area contributed by atoms with E-state index in [4.69, 9.17) is 4.52 Å². The lowest BCUT2D eigenvalue weighted by atomic mass is 9.80. The van der Waals surface area contributed by atoms with E-state index in [1.807, 2.05) is 0 Å². The van der Waals surface area contributed by atoms with Gasteiger partial charge in [-0.1, -0.05) is 85.5 Å². The molecule has 0 saturated heterocycles. The van der Waals surface area contributed by atoms with Gasteiger partial charge in [-0.25, -0.2) is 4.57 Å². The molecule has 24 heavy (non-hydrogen) atoms. The SMILES string of the molecule is CCCCCCC(CCCC)C(OP(=O)(O)O)C(CC)CCCC. The average Bonchev–Trinajstić information content (AvgIpc) is 2.53. The van der Waals surface area contributed by atoms with Gasteiger partial charge in [0.2, 0.25) is 0 Å². The zero-order valence-corrected chi connectivity index (χ0v) is 17.3. The highest BCUT2D eigenvalue weighted by atomic mass is 31.2. The van der Waals surface area contributed by atoms with E-state index in [9.17, 15) is 14.4 Å². The molecular weight excluding hydrogens is 323 g/mol. The lowest BCUT2D eigenvalue weighted by Gasteiger charge is -2.33. The largest absolute Gasteiger partial charge is 0.469 e. The second kappa shape index (κ2) is 14.3. The minimum absolute atomic E-state index is 0.241. The number of hydrogen-bond donors (Lipinski definition) is 2. The van der Waals surface area contributed by atoms with Crippen LogP contribution in [0.25, 0.3) is 0 Å². The van der Waals surface area contributed by atoms with E-state index in [2.05, 4.69) is 27.7 Å². The van der Waals surface area contributed by atoms with E-state index in [0.717, 1.165) is 57.8 Å². The van der Waals surface area contributed by atoms with Gasteiger partial charge in [-0.3, -0.25) is 4.52 Å². The van der Waals surface area contributed by atoms with Gasteiger partial charge >= 0.3 is 7.82 Å². The van der Waals surface area contributed by atoms with Crippen molar-refractivity contribution in [1.29, 1.82) is 0 Å². The Morgan fingerprint density at radius 2 is 1.25 bits per heavy atom. The molecule has 0 aromatic rings. The molecule has 4 nitrogen and oxygen atoms in total. The average molecular weight is 365 g/mol. The zero-order chi connectivity index (χ0) is 18.4. The molecule has 0 aliphatic rings. The molecule has 0 amide bonds. The highest BCUT2D eigenvalue weighted by Crippen LogP contribution is 2.44. The predicted octanol–water partition coefficient (Wildman–Crippen LogP) is 6.46. The molecule has 3 atom stereocenters. The van der Waals surface area contributed by atoms with Crippen molar-refractivity contribution >= 4 is 7.82 Å². The van der Waals surface area contributed by atoms with Gasteiger partial charge in [0, 0.05) is 0 Å². The van der Waals surface area contributed by atoms with Crippen LogP contribution in [0.3, 0.4) is 0 Å². The Morgan fingerprint density at radius 3 is 1.71 bits per heavy atom. The predicted molar refractivity (Wildman–Crippen MR) is 102 cm³/mol. The molecule has 0 aliphatic heterocycles. The third-order valence-electron chi connectivity index (χ3n) is 5.00. The molecular formula is C19H41O4P. The van der Waals surface area contributed by atoms with Crippen molar-refractivity contribution in [2.75, 3.05) is 0 Å². The molecule has 2 N–H and O–H groups in total. The Balaban J connectivity index is 5.08. The quantitative estimate of drug-likeness (QED) is 0.244. The molecule has 0 aliphatic carbocycles. The molecule has 0 rings (SSSR count). The van der Waals surface area contributed by atoms with Crippen molar-refractivity contribution in [2.45, 2.75) is 111 Å². The highest BCUT2D eigenvalue weighted by molar-refractivity contribution is 7.46. The number of hydrogen-bond acceptors (Lipinski definition) is 2. The molecule has 0 bridgehead atoms. The first-order valence-electron chi connectivity index (χ1n) is 10.1. The van der Waals surface area contributed by atoms with Gasteiger partial charge in [0.15, 0.2) is 0 Å². The summed E-state index contributed by atoms with van der Waals surface area (Å²) in [6.07, 6.45) is 12.8. The molecule has 0 heterocycles. The van der Waals surface area contributed by atoms with Gasteiger partial charge < -0.3 is 9.79 Å². The molecule has 0 fully saturated rings. The minimum atomic E-state index is -4.45. The Morgan fingerprint density at radius 1 is 0.750 bits per heavy atom. The summed E-state index contributed by atoms with van der Waals surface area (Å²) in [5.74, 6) is 0.502. The molecule has 3 unspecified atom stereocenters. The first kappa shape index (κ1) is 24.1. The van der Waals surface area contributed by atoms with Gasteiger partial charge in [-0.2, -0.15) is 0 Å². The second-order valence-corrected chi connectivity index (χ2v) is 8.31. The first-order chi connectivity index (χ1) is 11.4. The minimum Gasteiger partial charge on any atom is -0.303 e. The fourth-order valence-corrected chi connectivity index (χ4v) is 4.22. The van der Waals surface area contributed by atoms with E-state index in [-0.39, 0.29) is 17.9 Å². The van der Waals surface area contributed by atoms with E-state index >= 15 is 0 Å². The maximum Gasteiger partial charge on any atom is 0.469 e. The van der Waals surface area contributed by atoms with Crippen LogP contribution >= 0.6 is 7.82 Å². The summed E-state index contributed by atoms with van der Waals surface area (Å²) in [7, 11) is -4.45. The first-order valence-corrected chi connectivity index (χ1v) is 11.7. The summed E-state index contributed by atoms with van der Waals surface area (Å²) in [5.41, 5.74) is 0. The Hall–Kier alpha value is 0.110. The molecule has 146 valence electrons. The van der Waals surface area contributed by atoms with Crippen molar-refractivity contribution in [2.24, 2.45) is 11.8 Å².